The molecule has 0 saturated carbocycles. The predicted molar refractivity (Wildman–Crippen MR) is 126 cm³/mol. The standard InChI is InChI=1S/C21H35FN4O.HI/c1-3-7-17(11-13-27)15-24-21(23-4-2)25-19-9-6-12-26(16-19)20-10-5-8-18(22)14-20;/h5,8,10,14,17,19,27H,3-4,6-7,9,11-13,15-16H2,1-2H3,(H2,23,24,25);1H. The highest BCUT2D eigenvalue weighted by Gasteiger charge is 2.21. The van der Waals surface area contributed by atoms with Gasteiger partial charge in [0.1, 0.15) is 5.82 Å². The third-order valence-electron chi connectivity index (χ3n) is 5.02. The van der Waals surface area contributed by atoms with Crippen LogP contribution in [0.3, 0.4) is 0 Å². The summed E-state index contributed by atoms with van der Waals surface area (Å²) in [5.41, 5.74) is 0.939. The van der Waals surface area contributed by atoms with Gasteiger partial charge in [-0.1, -0.05) is 19.4 Å². The van der Waals surface area contributed by atoms with Crippen molar-refractivity contribution in [2.75, 3.05) is 37.7 Å². The van der Waals surface area contributed by atoms with Crippen LogP contribution in [-0.2, 0) is 0 Å². The normalized spacial score (nSPS) is 18.4. The molecule has 1 aliphatic heterocycles. The van der Waals surface area contributed by atoms with E-state index in [1.165, 1.54) is 6.07 Å². The molecule has 3 N–H and O–H groups in total. The van der Waals surface area contributed by atoms with E-state index in [9.17, 15) is 9.50 Å². The Morgan fingerprint density at radius 1 is 1.36 bits per heavy atom. The number of benzene rings is 1. The SMILES string of the molecule is CCCC(CCO)CN=C(NCC)NC1CCCN(c2cccc(F)c2)C1.I. The van der Waals surface area contributed by atoms with Crippen LogP contribution in [0.15, 0.2) is 29.3 Å². The number of aliphatic hydroxyl groups is 1. The summed E-state index contributed by atoms with van der Waals surface area (Å²) in [5, 5.41) is 16.1. The molecule has 0 bridgehead atoms. The van der Waals surface area contributed by atoms with Gasteiger partial charge in [0.05, 0.1) is 0 Å². The minimum absolute atomic E-state index is 0. The molecule has 0 aromatic heterocycles. The Hall–Kier alpha value is -1.09. The molecule has 1 aromatic rings. The van der Waals surface area contributed by atoms with Gasteiger partial charge in [-0.3, -0.25) is 4.99 Å². The summed E-state index contributed by atoms with van der Waals surface area (Å²) in [6.07, 6.45) is 5.13. The maximum absolute atomic E-state index is 13.5. The molecule has 1 aromatic carbocycles. The highest BCUT2D eigenvalue weighted by atomic mass is 127. The first-order chi connectivity index (χ1) is 13.2. The Kier molecular flexibility index (Phi) is 12.5. The van der Waals surface area contributed by atoms with Gasteiger partial charge in [0.2, 0.25) is 0 Å². The highest BCUT2D eigenvalue weighted by molar-refractivity contribution is 14.0. The second kappa shape index (κ2) is 14.0. The van der Waals surface area contributed by atoms with Crippen molar-refractivity contribution in [1.82, 2.24) is 10.6 Å². The Morgan fingerprint density at radius 2 is 2.18 bits per heavy atom. The molecule has 28 heavy (non-hydrogen) atoms. The summed E-state index contributed by atoms with van der Waals surface area (Å²) < 4.78 is 13.5. The lowest BCUT2D eigenvalue weighted by Crippen LogP contribution is -2.51. The third-order valence-corrected chi connectivity index (χ3v) is 5.02. The fourth-order valence-electron chi connectivity index (χ4n) is 3.65. The van der Waals surface area contributed by atoms with E-state index in [0.717, 1.165) is 69.9 Å². The number of hydrogen-bond acceptors (Lipinski definition) is 3. The van der Waals surface area contributed by atoms with Crippen LogP contribution in [0.5, 0.6) is 0 Å². The van der Waals surface area contributed by atoms with Crippen molar-refractivity contribution >= 4 is 35.6 Å². The zero-order valence-electron chi connectivity index (χ0n) is 17.2. The number of piperidine rings is 1. The molecular weight excluding hydrogens is 470 g/mol. The largest absolute Gasteiger partial charge is 0.396 e. The summed E-state index contributed by atoms with van der Waals surface area (Å²) in [5.74, 6) is 1.07. The molecule has 1 heterocycles. The second-order valence-electron chi connectivity index (χ2n) is 7.30. The van der Waals surface area contributed by atoms with Crippen LogP contribution >= 0.6 is 24.0 Å². The maximum atomic E-state index is 13.5. The number of halogens is 2. The lowest BCUT2D eigenvalue weighted by Gasteiger charge is -2.35. The van der Waals surface area contributed by atoms with Gasteiger partial charge in [0.25, 0.3) is 0 Å². The average molecular weight is 506 g/mol. The van der Waals surface area contributed by atoms with Crippen LogP contribution in [0.1, 0.15) is 46.0 Å². The fourth-order valence-corrected chi connectivity index (χ4v) is 3.65. The highest BCUT2D eigenvalue weighted by Crippen LogP contribution is 2.20. The summed E-state index contributed by atoms with van der Waals surface area (Å²) in [4.78, 5) is 7.00. The van der Waals surface area contributed by atoms with E-state index >= 15 is 0 Å². The van der Waals surface area contributed by atoms with Crippen molar-refractivity contribution in [3.05, 3.63) is 30.1 Å². The fraction of sp³-hybridized carbons (Fsp3) is 0.667. The van der Waals surface area contributed by atoms with E-state index in [-0.39, 0.29) is 42.4 Å². The minimum Gasteiger partial charge on any atom is -0.396 e. The van der Waals surface area contributed by atoms with Crippen molar-refractivity contribution < 1.29 is 9.50 Å². The van der Waals surface area contributed by atoms with E-state index in [4.69, 9.17) is 4.99 Å². The van der Waals surface area contributed by atoms with Gasteiger partial charge in [0.15, 0.2) is 5.96 Å². The predicted octanol–water partition coefficient (Wildman–Crippen LogP) is 3.77. The number of aliphatic hydroxyl groups excluding tert-OH is 1. The lowest BCUT2D eigenvalue weighted by molar-refractivity contribution is 0.253. The van der Waals surface area contributed by atoms with Gasteiger partial charge >= 0.3 is 0 Å². The van der Waals surface area contributed by atoms with Crippen molar-refractivity contribution in [1.29, 1.82) is 0 Å². The first-order valence-corrected chi connectivity index (χ1v) is 10.3. The molecule has 1 saturated heterocycles. The van der Waals surface area contributed by atoms with Gasteiger partial charge in [-0.25, -0.2) is 4.39 Å². The molecular formula is C21H36FIN4O. The lowest BCUT2D eigenvalue weighted by atomic mass is 10.0. The van der Waals surface area contributed by atoms with Gasteiger partial charge in [0, 0.05) is 44.5 Å². The van der Waals surface area contributed by atoms with E-state index in [0.29, 0.717) is 5.92 Å². The van der Waals surface area contributed by atoms with Crippen LogP contribution in [-0.4, -0.2) is 49.9 Å². The van der Waals surface area contributed by atoms with Crippen molar-refractivity contribution in [3.8, 4) is 0 Å². The molecule has 2 atom stereocenters. The van der Waals surface area contributed by atoms with Crippen molar-refractivity contribution in [2.24, 2.45) is 10.9 Å². The van der Waals surface area contributed by atoms with Crippen LogP contribution in [0.2, 0.25) is 0 Å². The van der Waals surface area contributed by atoms with Gasteiger partial charge < -0.3 is 20.6 Å². The molecule has 160 valence electrons. The molecule has 0 spiro atoms. The number of nitrogens with one attached hydrogen (secondary N) is 2. The minimum atomic E-state index is -0.191. The number of anilines is 1. The third kappa shape index (κ3) is 8.51. The monoisotopic (exact) mass is 506 g/mol. The number of hydrogen-bond donors (Lipinski definition) is 3. The summed E-state index contributed by atoms with van der Waals surface area (Å²) in [6, 6.07) is 7.10. The summed E-state index contributed by atoms with van der Waals surface area (Å²) >= 11 is 0. The van der Waals surface area contributed by atoms with Crippen LogP contribution in [0, 0.1) is 11.7 Å². The zero-order valence-corrected chi connectivity index (χ0v) is 19.5. The maximum Gasteiger partial charge on any atom is 0.191 e. The number of rotatable bonds is 9. The van der Waals surface area contributed by atoms with Crippen LogP contribution in [0.4, 0.5) is 10.1 Å². The second-order valence-corrected chi connectivity index (χ2v) is 7.30. The van der Waals surface area contributed by atoms with Crippen LogP contribution in [0.25, 0.3) is 0 Å². The van der Waals surface area contributed by atoms with Gasteiger partial charge in [-0.2, -0.15) is 0 Å². The van der Waals surface area contributed by atoms with Crippen molar-refractivity contribution in [3.63, 3.8) is 0 Å². The molecule has 2 rings (SSSR count). The molecule has 0 amide bonds. The van der Waals surface area contributed by atoms with E-state index in [1.54, 1.807) is 12.1 Å². The van der Waals surface area contributed by atoms with E-state index in [1.807, 2.05) is 6.07 Å². The number of guanidine groups is 1. The first kappa shape index (κ1) is 24.9. The number of nitrogens with zero attached hydrogens (tertiary/aromatic N) is 2. The van der Waals surface area contributed by atoms with Gasteiger partial charge in [-0.15, -0.1) is 24.0 Å². The summed E-state index contributed by atoms with van der Waals surface area (Å²) in [7, 11) is 0. The Labute approximate surface area is 186 Å². The molecule has 1 aliphatic rings. The van der Waals surface area contributed by atoms with E-state index < -0.39 is 0 Å². The molecule has 0 radical (unpaired) electrons. The molecule has 0 aliphatic carbocycles. The van der Waals surface area contributed by atoms with E-state index in [2.05, 4.69) is 29.4 Å². The Bertz CT molecular complexity index is 581. The smallest absolute Gasteiger partial charge is 0.191 e. The topological polar surface area (TPSA) is 59.9 Å². The number of aliphatic imine (C=N–C) groups is 1. The summed E-state index contributed by atoms with van der Waals surface area (Å²) in [6.45, 7) is 7.77. The zero-order chi connectivity index (χ0) is 19.5. The molecule has 5 nitrogen and oxygen atoms in total. The Morgan fingerprint density at radius 3 is 2.86 bits per heavy atom. The Balaban J connectivity index is 0.00000392. The van der Waals surface area contributed by atoms with Gasteiger partial charge in [-0.05, 0) is 56.7 Å². The quantitative estimate of drug-likeness (QED) is 0.271. The first-order valence-electron chi connectivity index (χ1n) is 10.3. The average Bonchev–Trinajstić information content (AvgIpc) is 2.67. The van der Waals surface area contributed by atoms with Crippen molar-refractivity contribution in [2.45, 2.75) is 52.0 Å². The van der Waals surface area contributed by atoms with Crippen LogP contribution < -0.4 is 15.5 Å². The molecule has 2 unspecified atom stereocenters. The molecule has 1 fully saturated rings. The molecule has 7 heteroatoms.